The predicted molar refractivity (Wildman–Crippen MR) is 56.9 cm³/mol. The molecule has 0 radical (unpaired) electrons. The average Bonchev–Trinajstić information content (AvgIpc) is 2.18. The van der Waals surface area contributed by atoms with Crippen LogP contribution in [0.5, 0.6) is 5.75 Å². The molecule has 0 N–H and O–H groups in total. The highest BCUT2D eigenvalue weighted by atomic mass is 79.9. The zero-order chi connectivity index (χ0) is 10.6. The van der Waals surface area contributed by atoms with Crippen LogP contribution >= 0.6 is 15.9 Å². The fourth-order valence-corrected chi connectivity index (χ4v) is 1.56. The Bertz CT molecular complexity index is 341. The van der Waals surface area contributed by atoms with Crippen LogP contribution in [0.4, 0.5) is 5.69 Å². The first-order valence-electron chi connectivity index (χ1n) is 4.15. The molecule has 0 unspecified atom stereocenters. The molecule has 1 rings (SSSR count). The molecule has 0 saturated heterocycles. The Morgan fingerprint density at radius 2 is 2.29 bits per heavy atom. The number of alkyl halides is 1. The van der Waals surface area contributed by atoms with Crippen LogP contribution < -0.4 is 4.74 Å². The van der Waals surface area contributed by atoms with Gasteiger partial charge >= 0.3 is 0 Å². The molecule has 0 heterocycles. The van der Waals surface area contributed by atoms with Crippen molar-refractivity contribution in [2.45, 2.75) is 12.3 Å². The summed E-state index contributed by atoms with van der Waals surface area (Å²) in [5.41, 5.74) is 0.742. The van der Waals surface area contributed by atoms with Gasteiger partial charge in [-0.25, -0.2) is 0 Å². The maximum absolute atomic E-state index is 10.7. The summed E-state index contributed by atoms with van der Waals surface area (Å²) >= 11 is 3.19. The smallest absolute Gasteiger partial charge is 0.277 e. The maximum atomic E-state index is 10.7. The Morgan fingerprint density at radius 3 is 2.79 bits per heavy atom. The van der Waals surface area contributed by atoms with Crippen molar-refractivity contribution < 1.29 is 9.66 Å². The summed E-state index contributed by atoms with van der Waals surface area (Å²) in [7, 11) is 0. The highest BCUT2D eigenvalue weighted by Crippen LogP contribution is 2.26. The molecular formula is C9H10BrNO3. The lowest BCUT2D eigenvalue weighted by molar-refractivity contribution is -0.385. The van der Waals surface area contributed by atoms with Gasteiger partial charge in [0.1, 0.15) is 5.75 Å². The second-order valence-electron chi connectivity index (χ2n) is 2.61. The molecule has 0 aliphatic heterocycles. The largest absolute Gasteiger partial charge is 0.494 e. The molecule has 0 aliphatic carbocycles. The van der Waals surface area contributed by atoms with E-state index in [1.54, 1.807) is 12.1 Å². The van der Waals surface area contributed by atoms with Crippen molar-refractivity contribution in [3.8, 4) is 5.75 Å². The molecule has 1 aromatic rings. The maximum Gasteiger partial charge on any atom is 0.277 e. The Labute approximate surface area is 90.2 Å². The second-order valence-corrected chi connectivity index (χ2v) is 3.18. The zero-order valence-corrected chi connectivity index (χ0v) is 9.28. The van der Waals surface area contributed by atoms with Gasteiger partial charge in [-0.2, -0.15) is 0 Å². The first-order chi connectivity index (χ1) is 6.69. The van der Waals surface area contributed by atoms with E-state index in [-0.39, 0.29) is 5.69 Å². The van der Waals surface area contributed by atoms with Crippen LogP contribution in [-0.4, -0.2) is 11.5 Å². The number of halogens is 1. The summed E-state index contributed by atoms with van der Waals surface area (Å²) in [5.74, 6) is 0.531. The molecule has 5 heteroatoms. The van der Waals surface area contributed by atoms with Gasteiger partial charge in [-0.1, -0.05) is 15.9 Å². The van der Waals surface area contributed by atoms with Gasteiger partial charge in [0.2, 0.25) is 0 Å². The van der Waals surface area contributed by atoms with Crippen molar-refractivity contribution >= 4 is 21.6 Å². The van der Waals surface area contributed by atoms with Crippen molar-refractivity contribution in [2.75, 3.05) is 6.61 Å². The zero-order valence-electron chi connectivity index (χ0n) is 7.70. The molecule has 0 saturated carbocycles. The van der Waals surface area contributed by atoms with Crippen molar-refractivity contribution in [1.29, 1.82) is 0 Å². The number of nitro benzene ring substituents is 1. The van der Waals surface area contributed by atoms with E-state index in [1.165, 1.54) is 6.07 Å². The van der Waals surface area contributed by atoms with Gasteiger partial charge in [-0.15, -0.1) is 0 Å². The summed E-state index contributed by atoms with van der Waals surface area (Å²) in [6.45, 7) is 2.34. The topological polar surface area (TPSA) is 52.4 Å². The van der Waals surface area contributed by atoms with E-state index in [1.807, 2.05) is 6.92 Å². The summed E-state index contributed by atoms with van der Waals surface area (Å²) in [5, 5.41) is 11.1. The first kappa shape index (κ1) is 11.0. The molecule has 0 aliphatic rings. The Hall–Kier alpha value is -1.10. The first-order valence-corrected chi connectivity index (χ1v) is 5.27. The van der Waals surface area contributed by atoms with Crippen molar-refractivity contribution in [3.05, 3.63) is 33.9 Å². The van der Waals surface area contributed by atoms with Gasteiger partial charge in [0.25, 0.3) is 5.69 Å². The number of benzene rings is 1. The minimum absolute atomic E-state index is 0.0906. The summed E-state index contributed by atoms with van der Waals surface area (Å²) in [6.07, 6.45) is 0. The number of nitro groups is 1. The standard InChI is InChI=1S/C9H10BrNO3/c1-2-14-8-4-3-7(6-10)9(5-8)11(12)13/h3-5H,2,6H2,1H3. The Balaban J connectivity index is 3.07. The summed E-state index contributed by atoms with van der Waals surface area (Å²) in [6, 6.07) is 4.87. The number of rotatable bonds is 4. The van der Waals surface area contributed by atoms with E-state index in [0.717, 1.165) is 0 Å². The third-order valence-electron chi connectivity index (χ3n) is 1.71. The molecule has 14 heavy (non-hydrogen) atoms. The van der Waals surface area contributed by atoms with Crippen LogP contribution in [0.1, 0.15) is 12.5 Å². The average molecular weight is 260 g/mol. The monoisotopic (exact) mass is 259 g/mol. The van der Waals surface area contributed by atoms with Crippen LogP contribution in [0.3, 0.4) is 0 Å². The highest BCUT2D eigenvalue weighted by molar-refractivity contribution is 9.08. The number of hydrogen-bond acceptors (Lipinski definition) is 3. The molecule has 0 fully saturated rings. The van der Waals surface area contributed by atoms with Crippen molar-refractivity contribution in [3.63, 3.8) is 0 Å². The number of hydrogen-bond donors (Lipinski definition) is 0. The van der Waals surface area contributed by atoms with Gasteiger partial charge in [-0.3, -0.25) is 10.1 Å². The summed E-state index contributed by atoms with van der Waals surface area (Å²) < 4.78 is 5.18. The molecule has 0 atom stereocenters. The highest BCUT2D eigenvalue weighted by Gasteiger charge is 2.13. The summed E-state index contributed by atoms with van der Waals surface area (Å²) in [4.78, 5) is 10.3. The predicted octanol–water partition coefficient (Wildman–Crippen LogP) is 2.89. The van der Waals surface area contributed by atoms with Crippen LogP contribution in [0.25, 0.3) is 0 Å². The number of ether oxygens (including phenoxy) is 1. The minimum atomic E-state index is -0.404. The van der Waals surface area contributed by atoms with E-state index in [0.29, 0.717) is 23.2 Å². The lowest BCUT2D eigenvalue weighted by Crippen LogP contribution is -1.96. The van der Waals surface area contributed by atoms with E-state index < -0.39 is 4.92 Å². The molecule has 0 amide bonds. The van der Waals surface area contributed by atoms with Crippen LogP contribution in [0, 0.1) is 10.1 Å². The third-order valence-corrected chi connectivity index (χ3v) is 2.31. The van der Waals surface area contributed by atoms with Gasteiger partial charge in [0.15, 0.2) is 0 Å². The fraction of sp³-hybridized carbons (Fsp3) is 0.333. The van der Waals surface area contributed by atoms with Crippen LogP contribution in [0.15, 0.2) is 18.2 Å². The molecule has 0 aromatic heterocycles. The number of nitrogens with zero attached hydrogens (tertiary/aromatic N) is 1. The molecular weight excluding hydrogens is 250 g/mol. The minimum Gasteiger partial charge on any atom is -0.494 e. The van der Waals surface area contributed by atoms with E-state index in [9.17, 15) is 10.1 Å². The molecule has 1 aromatic carbocycles. The van der Waals surface area contributed by atoms with Gasteiger partial charge in [-0.05, 0) is 19.1 Å². The second kappa shape index (κ2) is 4.95. The normalized spacial score (nSPS) is 9.86. The molecule has 76 valence electrons. The Kier molecular flexibility index (Phi) is 3.88. The van der Waals surface area contributed by atoms with E-state index >= 15 is 0 Å². The van der Waals surface area contributed by atoms with Crippen molar-refractivity contribution in [1.82, 2.24) is 0 Å². The van der Waals surface area contributed by atoms with Crippen LogP contribution in [0.2, 0.25) is 0 Å². The van der Waals surface area contributed by atoms with E-state index in [4.69, 9.17) is 4.74 Å². The van der Waals surface area contributed by atoms with Gasteiger partial charge in [0.05, 0.1) is 17.6 Å². The van der Waals surface area contributed by atoms with Crippen LogP contribution in [-0.2, 0) is 5.33 Å². The molecule has 4 nitrogen and oxygen atoms in total. The molecule has 0 bridgehead atoms. The third kappa shape index (κ3) is 2.45. The van der Waals surface area contributed by atoms with Gasteiger partial charge < -0.3 is 4.74 Å². The quantitative estimate of drug-likeness (QED) is 0.475. The van der Waals surface area contributed by atoms with E-state index in [2.05, 4.69) is 15.9 Å². The lowest BCUT2D eigenvalue weighted by atomic mass is 10.2. The van der Waals surface area contributed by atoms with Gasteiger partial charge in [0, 0.05) is 10.9 Å². The SMILES string of the molecule is CCOc1ccc(CBr)c([N+](=O)[O-])c1. The molecule has 0 spiro atoms. The van der Waals surface area contributed by atoms with Crippen molar-refractivity contribution in [2.24, 2.45) is 0 Å². The lowest BCUT2D eigenvalue weighted by Gasteiger charge is -2.04. The Morgan fingerprint density at radius 1 is 1.57 bits per heavy atom. The fourth-order valence-electron chi connectivity index (χ4n) is 1.08.